The zero-order valence-electron chi connectivity index (χ0n) is 11.4. The highest BCUT2D eigenvalue weighted by Crippen LogP contribution is 2.35. The van der Waals surface area contributed by atoms with Crippen LogP contribution in [0.2, 0.25) is 0 Å². The molecule has 1 unspecified atom stereocenters. The van der Waals surface area contributed by atoms with E-state index in [-0.39, 0.29) is 18.5 Å². The molecule has 0 bridgehead atoms. The summed E-state index contributed by atoms with van der Waals surface area (Å²) in [5.41, 5.74) is 6.62. The Labute approximate surface area is 114 Å². The molecule has 1 atom stereocenters. The number of nitrogens with zero attached hydrogens (tertiary/aromatic N) is 2. The molecule has 4 nitrogen and oxygen atoms in total. The van der Waals surface area contributed by atoms with Crippen LogP contribution in [-0.4, -0.2) is 35.4 Å². The zero-order chi connectivity index (χ0) is 13.8. The summed E-state index contributed by atoms with van der Waals surface area (Å²) in [7, 11) is 1.85. The van der Waals surface area contributed by atoms with Crippen LogP contribution in [0.15, 0.2) is 18.5 Å². The van der Waals surface area contributed by atoms with Crippen LogP contribution in [0.25, 0.3) is 0 Å². The van der Waals surface area contributed by atoms with E-state index >= 15 is 0 Å². The first-order chi connectivity index (χ1) is 9.15. The number of rotatable bonds is 3. The highest BCUT2D eigenvalue weighted by molar-refractivity contribution is 5.96. The summed E-state index contributed by atoms with van der Waals surface area (Å²) in [4.78, 5) is 18.3. The Bertz CT molecular complexity index is 526. The number of pyridine rings is 1. The van der Waals surface area contributed by atoms with E-state index in [0.717, 1.165) is 0 Å². The molecule has 1 saturated carbocycles. The summed E-state index contributed by atoms with van der Waals surface area (Å²) in [6.07, 6.45) is 5.67. The van der Waals surface area contributed by atoms with Crippen LogP contribution >= 0.6 is 0 Å². The van der Waals surface area contributed by atoms with Gasteiger partial charge in [-0.15, -0.1) is 0 Å². The van der Waals surface area contributed by atoms with E-state index in [4.69, 9.17) is 5.73 Å². The van der Waals surface area contributed by atoms with Crippen molar-refractivity contribution in [1.82, 2.24) is 9.88 Å². The van der Waals surface area contributed by atoms with Crippen LogP contribution in [0, 0.1) is 17.8 Å². The van der Waals surface area contributed by atoms with Gasteiger partial charge in [-0.05, 0) is 31.7 Å². The normalized spacial score (nSPS) is 15.3. The summed E-state index contributed by atoms with van der Waals surface area (Å²) in [6, 6.07) is 2.00. The van der Waals surface area contributed by atoms with E-state index in [1.54, 1.807) is 23.4 Å². The molecule has 1 aromatic heterocycles. The molecule has 1 aliphatic carbocycles. The number of hydrogen-bond acceptors (Lipinski definition) is 3. The first-order valence-corrected chi connectivity index (χ1v) is 6.55. The van der Waals surface area contributed by atoms with Gasteiger partial charge in [0.15, 0.2) is 0 Å². The van der Waals surface area contributed by atoms with Crippen molar-refractivity contribution in [1.29, 1.82) is 0 Å². The Kier molecular flexibility index (Phi) is 4.18. The first-order valence-electron chi connectivity index (χ1n) is 6.55. The monoisotopic (exact) mass is 257 g/mol. The largest absolute Gasteiger partial charge is 0.339 e. The lowest BCUT2D eigenvalue weighted by molar-refractivity contribution is 0.0727. The molecule has 100 valence electrons. The average molecular weight is 257 g/mol. The van der Waals surface area contributed by atoms with E-state index in [0.29, 0.717) is 17.0 Å². The Morgan fingerprint density at radius 3 is 3.00 bits per heavy atom. The van der Waals surface area contributed by atoms with Crippen molar-refractivity contribution in [2.75, 3.05) is 13.6 Å². The zero-order valence-corrected chi connectivity index (χ0v) is 11.4. The van der Waals surface area contributed by atoms with Gasteiger partial charge in [0, 0.05) is 25.5 Å². The lowest BCUT2D eigenvalue weighted by Gasteiger charge is -2.25. The van der Waals surface area contributed by atoms with Crippen LogP contribution in [-0.2, 0) is 0 Å². The minimum Gasteiger partial charge on any atom is -0.339 e. The van der Waals surface area contributed by atoms with Gasteiger partial charge in [0.1, 0.15) is 0 Å². The van der Waals surface area contributed by atoms with E-state index in [2.05, 4.69) is 23.7 Å². The highest BCUT2D eigenvalue weighted by Gasteiger charge is 2.33. The summed E-state index contributed by atoms with van der Waals surface area (Å²) >= 11 is 0. The van der Waals surface area contributed by atoms with E-state index in [1.165, 1.54) is 12.8 Å². The van der Waals surface area contributed by atoms with Gasteiger partial charge in [-0.3, -0.25) is 9.78 Å². The van der Waals surface area contributed by atoms with Gasteiger partial charge in [-0.1, -0.05) is 11.8 Å². The molecule has 0 saturated heterocycles. The summed E-state index contributed by atoms with van der Waals surface area (Å²) in [6.45, 7) is 2.37. The van der Waals surface area contributed by atoms with Gasteiger partial charge >= 0.3 is 0 Å². The Morgan fingerprint density at radius 2 is 2.37 bits per heavy atom. The van der Waals surface area contributed by atoms with Gasteiger partial charge in [-0.25, -0.2) is 0 Å². The molecule has 1 aromatic rings. The second kappa shape index (κ2) is 5.85. The molecule has 0 aliphatic heterocycles. The fraction of sp³-hybridized carbons (Fsp3) is 0.467. The van der Waals surface area contributed by atoms with Crippen molar-refractivity contribution in [3.8, 4) is 11.8 Å². The number of amides is 1. The topological polar surface area (TPSA) is 59.2 Å². The van der Waals surface area contributed by atoms with Gasteiger partial charge in [-0.2, -0.15) is 0 Å². The van der Waals surface area contributed by atoms with Crippen molar-refractivity contribution in [3.63, 3.8) is 0 Å². The van der Waals surface area contributed by atoms with Crippen LogP contribution in [0.4, 0.5) is 0 Å². The average Bonchev–Trinajstić information content (AvgIpc) is 3.27. The predicted molar refractivity (Wildman–Crippen MR) is 74.4 cm³/mol. The smallest absolute Gasteiger partial charge is 0.255 e. The van der Waals surface area contributed by atoms with Crippen LogP contribution in [0.3, 0.4) is 0 Å². The Hall–Kier alpha value is -1.86. The fourth-order valence-electron chi connectivity index (χ4n) is 2.10. The fourth-order valence-corrected chi connectivity index (χ4v) is 2.10. The maximum absolute atomic E-state index is 12.5. The molecule has 19 heavy (non-hydrogen) atoms. The third kappa shape index (κ3) is 3.12. The molecule has 1 amide bonds. The van der Waals surface area contributed by atoms with Gasteiger partial charge in [0.25, 0.3) is 5.91 Å². The SMILES string of the molecule is CC(C1CC1)N(C)C(=O)c1ccncc1C#CCN. The van der Waals surface area contributed by atoms with E-state index in [1.807, 2.05) is 7.05 Å². The Balaban J connectivity index is 2.22. The molecule has 4 heteroatoms. The summed E-state index contributed by atoms with van der Waals surface area (Å²) in [5.74, 6) is 6.33. The molecule has 0 radical (unpaired) electrons. The number of hydrogen-bond donors (Lipinski definition) is 1. The molecule has 1 heterocycles. The summed E-state index contributed by atoms with van der Waals surface area (Å²) in [5, 5.41) is 0. The summed E-state index contributed by atoms with van der Waals surface area (Å²) < 4.78 is 0. The molecule has 1 aliphatic rings. The van der Waals surface area contributed by atoms with E-state index < -0.39 is 0 Å². The number of carbonyl (C=O) groups is 1. The molecule has 0 aromatic carbocycles. The van der Waals surface area contributed by atoms with E-state index in [9.17, 15) is 4.79 Å². The predicted octanol–water partition coefficient (Wildman–Crippen LogP) is 1.26. The van der Waals surface area contributed by atoms with Crippen LogP contribution in [0.1, 0.15) is 35.7 Å². The lowest BCUT2D eigenvalue weighted by Crippen LogP contribution is -2.36. The van der Waals surface area contributed by atoms with Crippen molar-refractivity contribution in [2.45, 2.75) is 25.8 Å². The number of carbonyl (C=O) groups excluding carboxylic acids is 1. The lowest BCUT2D eigenvalue weighted by atomic mass is 10.1. The molecule has 2 N–H and O–H groups in total. The quantitative estimate of drug-likeness (QED) is 0.829. The maximum atomic E-state index is 12.5. The van der Waals surface area contributed by atoms with Gasteiger partial charge in [0.05, 0.1) is 17.7 Å². The minimum absolute atomic E-state index is 0.00289. The second-order valence-corrected chi connectivity index (χ2v) is 4.92. The van der Waals surface area contributed by atoms with Crippen LogP contribution in [0.5, 0.6) is 0 Å². The van der Waals surface area contributed by atoms with Crippen molar-refractivity contribution in [2.24, 2.45) is 11.7 Å². The molecule has 1 fully saturated rings. The molecule has 0 spiro atoms. The number of nitrogens with two attached hydrogens (primary N) is 1. The van der Waals surface area contributed by atoms with Crippen molar-refractivity contribution in [3.05, 3.63) is 29.6 Å². The standard InChI is InChI=1S/C15H19N3O/c1-11(12-5-6-12)18(2)15(19)14-7-9-17-10-13(14)4-3-8-16/h7,9-12H,5-6,8,16H2,1-2H3. The second-order valence-electron chi connectivity index (χ2n) is 4.92. The van der Waals surface area contributed by atoms with Gasteiger partial charge < -0.3 is 10.6 Å². The first kappa shape index (κ1) is 13.6. The molecule has 2 rings (SSSR count). The third-order valence-corrected chi connectivity index (χ3v) is 3.61. The molecular formula is C15H19N3O. The van der Waals surface area contributed by atoms with Gasteiger partial charge in [0.2, 0.25) is 0 Å². The minimum atomic E-state index is 0.00289. The Morgan fingerprint density at radius 1 is 1.63 bits per heavy atom. The number of aromatic nitrogens is 1. The third-order valence-electron chi connectivity index (χ3n) is 3.61. The highest BCUT2D eigenvalue weighted by atomic mass is 16.2. The van der Waals surface area contributed by atoms with Crippen molar-refractivity contribution < 1.29 is 4.79 Å². The van der Waals surface area contributed by atoms with Crippen LogP contribution < -0.4 is 5.73 Å². The maximum Gasteiger partial charge on any atom is 0.255 e. The van der Waals surface area contributed by atoms with Crippen molar-refractivity contribution >= 4 is 5.91 Å². The molecular weight excluding hydrogens is 238 g/mol.